The highest BCUT2D eigenvalue weighted by atomic mass is 35.5. The van der Waals surface area contributed by atoms with Gasteiger partial charge in [-0.2, -0.15) is 69.9 Å². The molecule has 3 aromatic carbocycles. The van der Waals surface area contributed by atoms with Crippen LogP contribution in [0.15, 0.2) is 231 Å². The zero-order valence-electron chi connectivity index (χ0n) is 67.4. The van der Waals surface area contributed by atoms with Crippen LogP contribution in [0.25, 0.3) is 112 Å². The van der Waals surface area contributed by atoms with Crippen LogP contribution in [-0.4, -0.2) is 157 Å². The average Bonchev–Trinajstić information content (AvgIpc) is 1.68. The predicted octanol–water partition coefficient (Wildman–Crippen LogP) is 16.7. The first-order valence-electron chi connectivity index (χ1n) is 38.3. The number of nitrogens with one attached hydrogen (secondary N) is 3. The Kier molecular flexibility index (Phi) is 27.8. The monoisotopic (exact) mass is 1800 g/mol. The fourth-order valence-corrected chi connectivity index (χ4v) is 13.5. The molecule has 0 atom stereocenters. The van der Waals surface area contributed by atoms with Gasteiger partial charge in [0.25, 0.3) is 0 Å². The molecule has 668 valence electrons. The molecule has 20 rings (SSSR count). The molecule has 0 aliphatic heterocycles. The molecule has 131 heavy (non-hydrogen) atoms. The molecular formula is C89H82ClF6N29O6. The Morgan fingerprint density at radius 2 is 0.809 bits per heavy atom. The third-order valence-electron chi connectivity index (χ3n) is 19.7. The number of ether oxygens (including phenoxy) is 5. The van der Waals surface area contributed by atoms with E-state index in [9.17, 15) is 31.1 Å². The van der Waals surface area contributed by atoms with Crippen LogP contribution >= 0.6 is 11.6 Å². The van der Waals surface area contributed by atoms with E-state index in [0.29, 0.717) is 126 Å². The fraction of sp³-hybridized carbons (Fsp3) is 0.180. The van der Waals surface area contributed by atoms with E-state index in [1.165, 1.54) is 37.9 Å². The summed E-state index contributed by atoms with van der Waals surface area (Å²) >= 11 is 5.87. The molecule has 0 spiro atoms. The topological polar surface area (TPSA) is 385 Å². The standard InChI is InChI=1S/C22H15ClF3N7O.C22H16F3N7O.C22H18N6O3.C19H17N9O.4CH4/c1-34-13-9-18-21(29-10-13)17(6-7-27-18)28-11-20-31-30-19-5-4-16(32-33(19)20)12-2-3-14(15(23)8-12)22(24,25)26;1-33-15-10-18-21(28-11-15)17(7-8-26-18)27-12-20-30-29-19-6-5-16(31-32(19)20)13-3-2-4-14(9-13)22(23,24)25;1-27-12-14(3-8-22(27)29)17-6-7-20-24-25-21(28(20)26-17)13-31-19-9-10-23-18-11-15(30-2)4-5-16(18)19;1-27-11-12(8-23-27)14-3-4-17-24-25-18(28(17)26-14)10-21-15-5-6-20-16-7-13(29-2)9-22-19(15)16;;;;/h2-10H,11H2,1H3,(H,27,28);2-11H,12H2,1H3,(H,26,27);3-12H,13H2,1-2H3;3-9,11H,10H2,1-2H3,(H,20,21);4*1H4. The van der Waals surface area contributed by atoms with Crippen molar-refractivity contribution in [1.82, 2.24) is 128 Å². The van der Waals surface area contributed by atoms with Crippen LogP contribution in [-0.2, 0) is 52.7 Å². The van der Waals surface area contributed by atoms with Crippen molar-refractivity contribution in [3.63, 3.8) is 0 Å². The minimum Gasteiger partial charge on any atom is -0.497 e. The molecule has 3 N–H and O–H groups in total. The number of fused-ring (bicyclic) bond motifs is 8. The van der Waals surface area contributed by atoms with Gasteiger partial charge >= 0.3 is 12.4 Å². The van der Waals surface area contributed by atoms with Crippen molar-refractivity contribution < 1.29 is 50.0 Å². The van der Waals surface area contributed by atoms with Crippen LogP contribution in [0.2, 0.25) is 5.02 Å². The second-order valence-electron chi connectivity index (χ2n) is 27.8. The van der Waals surface area contributed by atoms with Gasteiger partial charge in [-0.05, 0) is 115 Å². The van der Waals surface area contributed by atoms with Crippen molar-refractivity contribution in [2.45, 2.75) is 68.3 Å². The lowest BCUT2D eigenvalue weighted by atomic mass is 10.1. The maximum absolute atomic E-state index is 13.1. The van der Waals surface area contributed by atoms with Crippen LogP contribution in [0, 0.1) is 0 Å². The summed E-state index contributed by atoms with van der Waals surface area (Å²) in [6, 6.07) is 44.2. The summed E-state index contributed by atoms with van der Waals surface area (Å²) < 4.78 is 115. The van der Waals surface area contributed by atoms with Crippen molar-refractivity contribution in [2.75, 3.05) is 44.4 Å². The molecule has 17 aromatic heterocycles. The molecule has 0 aliphatic rings. The number of aryl methyl sites for hydroxylation is 2. The number of hydrogen-bond acceptors (Lipinski definition) is 29. The molecule has 35 nitrogen and oxygen atoms in total. The summed E-state index contributed by atoms with van der Waals surface area (Å²) in [6.07, 6.45) is 8.07. The summed E-state index contributed by atoms with van der Waals surface area (Å²) in [5.74, 6) is 5.49. The SMILES string of the molecule is C.C.C.C.COc1ccc2c(OCc3nnc4ccc(-c5ccc(=O)n(C)c5)nn34)ccnc2c1.COc1cnc2c(NCc3nnc4ccc(-c5ccc(C(F)(F)F)c(Cl)c5)nn34)ccnc2c1.COc1cnc2c(NCc3nnc4ccc(-c5cccc(C(F)(F)F)c5)nn34)ccnc2c1.COc1cnc2c(NCc3nnc4ccc(-c5cnn(C)c5)nn34)ccnc2c1. The fourth-order valence-electron chi connectivity index (χ4n) is 13.2. The second-order valence-corrected chi connectivity index (χ2v) is 28.2. The molecule has 0 bridgehead atoms. The number of pyridine rings is 8. The number of anilines is 3. The Morgan fingerprint density at radius 1 is 0.389 bits per heavy atom. The summed E-state index contributed by atoms with van der Waals surface area (Å²) in [4.78, 5) is 42.3. The molecule has 0 radical (unpaired) electrons. The van der Waals surface area contributed by atoms with Crippen LogP contribution < -0.4 is 45.2 Å². The second kappa shape index (κ2) is 39.5. The number of rotatable bonds is 20. The van der Waals surface area contributed by atoms with E-state index in [4.69, 9.17) is 35.3 Å². The van der Waals surface area contributed by atoms with Crippen molar-refractivity contribution in [3.8, 4) is 73.8 Å². The summed E-state index contributed by atoms with van der Waals surface area (Å²) in [5, 5.41) is 66.2. The van der Waals surface area contributed by atoms with Gasteiger partial charge in [-0.3, -0.25) is 29.4 Å². The van der Waals surface area contributed by atoms with E-state index in [2.05, 4.69) is 117 Å². The first kappa shape index (κ1) is 92.1. The van der Waals surface area contributed by atoms with Gasteiger partial charge in [0.2, 0.25) is 5.56 Å². The first-order chi connectivity index (χ1) is 61.6. The molecule has 0 aliphatic carbocycles. The summed E-state index contributed by atoms with van der Waals surface area (Å²) in [5.41, 5.74) is 12.6. The molecular weight excluding hydrogens is 1720 g/mol. The molecule has 17 heterocycles. The van der Waals surface area contributed by atoms with Gasteiger partial charge in [-0.25, -0.2) is 15.0 Å². The van der Waals surface area contributed by atoms with E-state index >= 15 is 0 Å². The molecule has 0 fully saturated rings. The van der Waals surface area contributed by atoms with Crippen molar-refractivity contribution in [3.05, 3.63) is 276 Å². The Hall–Kier alpha value is -16.6. The van der Waals surface area contributed by atoms with Gasteiger partial charge in [0, 0.05) is 109 Å². The van der Waals surface area contributed by atoms with Crippen LogP contribution in [0.5, 0.6) is 28.7 Å². The van der Waals surface area contributed by atoms with Crippen LogP contribution in [0.1, 0.15) is 64.1 Å². The van der Waals surface area contributed by atoms with Gasteiger partial charge in [0.05, 0.1) is 151 Å². The molecule has 0 saturated heterocycles. The molecule has 42 heteroatoms. The number of nitrogens with zero attached hydrogens (tertiary/aromatic N) is 26. The Labute approximate surface area is 746 Å². The van der Waals surface area contributed by atoms with E-state index < -0.39 is 28.5 Å². The third kappa shape index (κ3) is 20.1. The smallest absolute Gasteiger partial charge is 0.417 e. The lowest BCUT2D eigenvalue weighted by Gasteiger charge is -2.11. The molecule has 0 saturated carbocycles. The average molecular weight is 1800 g/mol. The Morgan fingerprint density at radius 3 is 1.24 bits per heavy atom. The van der Waals surface area contributed by atoms with Gasteiger partial charge in [-0.15, -0.1) is 40.8 Å². The lowest BCUT2D eigenvalue weighted by Crippen LogP contribution is -2.14. The predicted molar refractivity (Wildman–Crippen MR) is 482 cm³/mol. The lowest BCUT2D eigenvalue weighted by molar-refractivity contribution is -0.138. The van der Waals surface area contributed by atoms with E-state index in [1.54, 1.807) is 172 Å². The normalized spacial score (nSPS) is 11.2. The highest BCUT2D eigenvalue weighted by molar-refractivity contribution is 6.31. The molecule has 20 aromatic rings. The van der Waals surface area contributed by atoms with Gasteiger partial charge in [-0.1, -0.05) is 59.5 Å². The Balaban J connectivity index is 0.000000147. The third-order valence-corrected chi connectivity index (χ3v) is 20.0. The summed E-state index contributed by atoms with van der Waals surface area (Å²) in [6.45, 7) is 1.12. The first-order valence-corrected chi connectivity index (χ1v) is 38.7. The van der Waals surface area contributed by atoms with Crippen molar-refractivity contribution in [1.29, 1.82) is 0 Å². The van der Waals surface area contributed by atoms with Gasteiger partial charge in [0.1, 0.15) is 51.9 Å². The quantitative estimate of drug-likeness (QED) is 0.0597. The maximum atomic E-state index is 13.1. The van der Waals surface area contributed by atoms with E-state index in [0.717, 1.165) is 79.8 Å². The largest absolute Gasteiger partial charge is 0.497 e. The van der Waals surface area contributed by atoms with Gasteiger partial charge in [0.15, 0.2) is 45.9 Å². The zero-order chi connectivity index (χ0) is 88.0. The minimum atomic E-state index is -4.53. The highest BCUT2D eigenvalue weighted by Crippen LogP contribution is 2.38. The van der Waals surface area contributed by atoms with E-state index in [-0.39, 0.29) is 55.0 Å². The molecule has 0 amide bonds. The van der Waals surface area contributed by atoms with Crippen molar-refractivity contribution >= 4 is 95.3 Å². The van der Waals surface area contributed by atoms with E-state index in [1.807, 2.05) is 67.8 Å². The minimum absolute atomic E-state index is 0. The number of halogens is 7. The molecule has 0 unspecified atom stereocenters. The highest BCUT2D eigenvalue weighted by Gasteiger charge is 2.34. The van der Waals surface area contributed by atoms with Crippen LogP contribution in [0.4, 0.5) is 43.4 Å². The Bertz CT molecular complexity index is 7560. The van der Waals surface area contributed by atoms with Crippen LogP contribution in [0.3, 0.4) is 0 Å². The number of alkyl halides is 6. The summed E-state index contributed by atoms with van der Waals surface area (Å²) in [7, 11) is 9.92. The number of methoxy groups -OCH3 is 4. The van der Waals surface area contributed by atoms with Gasteiger partial charge < -0.3 is 44.2 Å². The zero-order valence-corrected chi connectivity index (χ0v) is 68.2. The van der Waals surface area contributed by atoms with Crippen molar-refractivity contribution in [2.24, 2.45) is 14.1 Å². The number of benzene rings is 3. The maximum Gasteiger partial charge on any atom is 0.417 e. The number of aromatic nitrogens is 26. The number of hydrogen-bond donors (Lipinski definition) is 3.